The fraction of sp³-hybridized carbons (Fsp3) is 0.208. The number of methoxy groups -OCH3 is 1. The van der Waals surface area contributed by atoms with E-state index in [1.807, 2.05) is 38.1 Å². The van der Waals surface area contributed by atoms with E-state index in [0.717, 1.165) is 15.4 Å². The summed E-state index contributed by atoms with van der Waals surface area (Å²) in [4.78, 5) is 12.9. The number of nitrogens with one attached hydrogen (secondary N) is 1. The van der Waals surface area contributed by atoms with E-state index >= 15 is 0 Å². The lowest BCUT2D eigenvalue weighted by Crippen LogP contribution is -2.41. The summed E-state index contributed by atoms with van der Waals surface area (Å²) in [6.07, 6.45) is 0. The van der Waals surface area contributed by atoms with E-state index in [-0.39, 0.29) is 17.5 Å². The number of aryl methyl sites for hydroxylation is 1. The van der Waals surface area contributed by atoms with Gasteiger partial charge < -0.3 is 10.1 Å². The third kappa shape index (κ3) is 5.60. The van der Waals surface area contributed by atoms with Crippen molar-refractivity contribution in [1.82, 2.24) is 5.32 Å². The lowest BCUT2D eigenvalue weighted by atomic mass is 10.1. The molecule has 6 nitrogen and oxygen atoms in total. The highest BCUT2D eigenvalue weighted by Crippen LogP contribution is 2.25. The van der Waals surface area contributed by atoms with E-state index in [1.165, 1.54) is 24.3 Å². The Kier molecular flexibility index (Phi) is 7.43. The molecule has 3 rings (SSSR count). The normalized spacial score (nSPS) is 12.1. The quantitative estimate of drug-likeness (QED) is 0.514. The van der Waals surface area contributed by atoms with Gasteiger partial charge in [-0.2, -0.15) is 0 Å². The Morgan fingerprint density at radius 2 is 1.59 bits per heavy atom. The number of amides is 1. The van der Waals surface area contributed by atoms with Gasteiger partial charge in [0.1, 0.15) is 12.3 Å². The van der Waals surface area contributed by atoms with Gasteiger partial charge in [0.05, 0.1) is 23.7 Å². The summed E-state index contributed by atoms with van der Waals surface area (Å²) in [5.41, 5.74) is 2.26. The van der Waals surface area contributed by atoms with Crippen LogP contribution in [0.15, 0.2) is 77.7 Å². The number of benzene rings is 3. The van der Waals surface area contributed by atoms with Gasteiger partial charge in [0, 0.05) is 5.02 Å². The van der Waals surface area contributed by atoms with Gasteiger partial charge in [0.2, 0.25) is 5.91 Å². The van der Waals surface area contributed by atoms with Crippen LogP contribution in [-0.4, -0.2) is 28.0 Å². The zero-order valence-corrected chi connectivity index (χ0v) is 19.7. The highest BCUT2D eigenvalue weighted by molar-refractivity contribution is 7.92. The highest BCUT2D eigenvalue weighted by atomic mass is 35.5. The molecule has 1 atom stereocenters. The molecule has 0 aliphatic heterocycles. The Bertz CT molecular complexity index is 1160. The topological polar surface area (TPSA) is 75.7 Å². The number of hydrogen-bond donors (Lipinski definition) is 1. The number of carbonyl (C=O) groups is 1. The maximum absolute atomic E-state index is 13.4. The fourth-order valence-corrected chi connectivity index (χ4v) is 4.70. The number of ether oxygens (including phenoxy) is 1. The van der Waals surface area contributed by atoms with Crippen molar-refractivity contribution in [2.75, 3.05) is 18.0 Å². The van der Waals surface area contributed by atoms with Gasteiger partial charge >= 0.3 is 0 Å². The minimum Gasteiger partial charge on any atom is -0.497 e. The van der Waals surface area contributed by atoms with Crippen LogP contribution >= 0.6 is 11.6 Å². The third-order valence-electron chi connectivity index (χ3n) is 5.00. The third-order valence-corrected chi connectivity index (χ3v) is 7.04. The summed E-state index contributed by atoms with van der Waals surface area (Å²) < 4.78 is 33.0. The Morgan fingerprint density at radius 3 is 2.16 bits per heavy atom. The summed E-state index contributed by atoms with van der Waals surface area (Å²) in [5, 5.41) is 3.30. The SMILES string of the molecule is COc1ccc(C(C)NC(=O)CN(c2ccc(C)cc2)S(=O)(=O)c2ccc(Cl)cc2)cc1. The molecule has 1 amide bonds. The second-order valence-electron chi connectivity index (χ2n) is 7.36. The van der Waals surface area contributed by atoms with Crippen LogP contribution in [0.5, 0.6) is 5.75 Å². The number of anilines is 1. The van der Waals surface area contributed by atoms with E-state index in [0.29, 0.717) is 16.5 Å². The minimum absolute atomic E-state index is 0.0541. The molecule has 0 heterocycles. The highest BCUT2D eigenvalue weighted by Gasteiger charge is 2.27. The smallest absolute Gasteiger partial charge is 0.264 e. The molecule has 3 aromatic carbocycles. The number of halogens is 1. The number of rotatable bonds is 8. The van der Waals surface area contributed by atoms with Crippen LogP contribution in [0.25, 0.3) is 0 Å². The van der Waals surface area contributed by atoms with Gasteiger partial charge in [-0.15, -0.1) is 0 Å². The molecule has 0 radical (unpaired) electrons. The number of nitrogens with zero attached hydrogens (tertiary/aromatic N) is 1. The zero-order chi connectivity index (χ0) is 23.3. The van der Waals surface area contributed by atoms with E-state index in [9.17, 15) is 13.2 Å². The molecular weight excluding hydrogens is 448 g/mol. The maximum atomic E-state index is 13.4. The van der Waals surface area contributed by atoms with Crippen molar-refractivity contribution >= 4 is 33.2 Å². The van der Waals surface area contributed by atoms with E-state index in [1.54, 1.807) is 31.4 Å². The first-order valence-corrected chi connectivity index (χ1v) is 11.8. The van der Waals surface area contributed by atoms with Gasteiger partial charge in [0.25, 0.3) is 10.0 Å². The molecule has 0 aliphatic carbocycles. The summed E-state index contributed by atoms with van der Waals surface area (Å²) in [6, 6.07) is 19.9. The molecule has 1 N–H and O–H groups in total. The standard InChI is InChI=1S/C24H25ClN2O4S/c1-17-4-10-21(11-5-17)27(32(29,30)23-14-8-20(25)9-15-23)16-24(28)26-18(2)19-6-12-22(31-3)13-7-19/h4-15,18H,16H2,1-3H3,(H,26,28). The molecule has 32 heavy (non-hydrogen) atoms. The Labute approximate surface area is 193 Å². The average molecular weight is 473 g/mol. The second-order valence-corrected chi connectivity index (χ2v) is 9.66. The molecule has 0 aliphatic rings. The average Bonchev–Trinajstić information content (AvgIpc) is 2.78. The van der Waals surface area contributed by atoms with Gasteiger partial charge in [-0.25, -0.2) is 8.42 Å². The van der Waals surface area contributed by atoms with Crippen LogP contribution in [0.2, 0.25) is 5.02 Å². The van der Waals surface area contributed by atoms with Crippen molar-refractivity contribution in [2.45, 2.75) is 24.8 Å². The van der Waals surface area contributed by atoms with E-state index in [4.69, 9.17) is 16.3 Å². The molecule has 0 fully saturated rings. The monoisotopic (exact) mass is 472 g/mol. The summed E-state index contributed by atoms with van der Waals surface area (Å²) in [6.45, 7) is 3.38. The van der Waals surface area contributed by atoms with Gasteiger partial charge in [-0.1, -0.05) is 41.4 Å². The van der Waals surface area contributed by atoms with Crippen LogP contribution < -0.4 is 14.4 Å². The predicted molar refractivity (Wildman–Crippen MR) is 127 cm³/mol. The first kappa shape index (κ1) is 23.6. The summed E-state index contributed by atoms with van der Waals surface area (Å²) in [7, 11) is -2.41. The first-order valence-electron chi connectivity index (χ1n) is 9.99. The summed E-state index contributed by atoms with van der Waals surface area (Å²) in [5.74, 6) is 0.290. The summed E-state index contributed by atoms with van der Waals surface area (Å²) >= 11 is 5.91. The predicted octanol–water partition coefficient (Wildman–Crippen LogP) is 4.73. The molecule has 0 saturated carbocycles. The largest absolute Gasteiger partial charge is 0.497 e. The van der Waals surface area contributed by atoms with Crippen LogP contribution in [-0.2, 0) is 14.8 Å². The van der Waals surface area contributed by atoms with Crippen molar-refractivity contribution in [3.05, 3.63) is 88.9 Å². The van der Waals surface area contributed by atoms with Crippen molar-refractivity contribution in [1.29, 1.82) is 0 Å². The van der Waals surface area contributed by atoms with Crippen molar-refractivity contribution in [2.24, 2.45) is 0 Å². The van der Waals surface area contributed by atoms with Crippen molar-refractivity contribution in [3.8, 4) is 5.75 Å². The molecule has 0 bridgehead atoms. The van der Waals surface area contributed by atoms with E-state index in [2.05, 4.69) is 5.32 Å². The van der Waals surface area contributed by atoms with Gasteiger partial charge in [0.15, 0.2) is 0 Å². The lowest BCUT2D eigenvalue weighted by Gasteiger charge is -2.25. The van der Waals surface area contributed by atoms with Crippen molar-refractivity contribution < 1.29 is 17.9 Å². The van der Waals surface area contributed by atoms with Gasteiger partial charge in [-0.05, 0) is 67.9 Å². The maximum Gasteiger partial charge on any atom is 0.264 e. The van der Waals surface area contributed by atoms with E-state index < -0.39 is 15.9 Å². The first-order chi connectivity index (χ1) is 15.2. The van der Waals surface area contributed by atoms with Crippen LogP contribution in [0, 0.1) is 6.92 Å². The van der Waals surface area contributed by atoms with Crippen molar-refractivity contribution in [3.63, 3.8) is 0 Å². The van der Waals surface area contributed by atoms with Gasteiger partial charge in [-0.3, -0.25) is 9.10 Å². The molecular formula is C24H25ClN2O4S. The zero-order valence-electron chi connectivity index (χ0n) is 18.1. The molecule has 0 spiro atoms. The Morgan fingerprint density at radius 1 is 1.00 bits per heavy atom. The minimum atomic E-state index is -3.99. The molecule has 0 saturated heterocycles. The molecule has 3 aromatic rings. The number of sulfonamides is 1. The number of carbonyl (C=O) groups excluding carboxylic acids is 1. The Balaban J connectivity index is 1.85. The fourth-order valence-electron chi connectivity index (χ4n) is 3.15. The Hall–Kier alpha value is -3.03. The second kappa shape index (κ2) is 10.1. The molecule has 168 valence electrons. The number of hydrogen-bond acceptors (Lipinski definition) is 4. The van der Waals surface area contributed by atoms with Crippen LogP contribution in [0.3, 0.4) is 0 Å². The molecule has 0 aromatic heterocycles. The molecule has 1 unspecified atom stereocenters. The van der Waals surface area contributed by atoms with Crippen LogP contribution in [0.4, 0.5) is 5.69 Å². The van der Waals surface area contributed by atoms with Crippen LogP contribution in [0.1, 0.15) is 24.1 Å². The molecule has 8 heteroatoms. The lowest BCUT2D eigenvalue weighted by molar-refractivity contribution is -0.120.